The molecule has 1 rings (SSSR count). The number of allylic oxidation sites excluding steroid dienone is 4. The zero-order chi connectivity index (χ0) is 46.2. The minimum atomic E-state index is -5.02. The first-order valence-corrected chi connectivity index (χ1v) is 27.2. The molecule has 1 aliphatic carbocycles. The summed E-state index contributed by atoms with van der Waals surface area (Å²) in [6, 6.07) is 0. The van der Waals surface area contributed by atoms with Crippen molar-refractivity contribution in [2.24, 2.45) is 0 Å². The van der Waals surface area contributed by atoms with Crippen LogP contribution in [0.5, 0.6) is 0 Å². The van der Waals surface area contributed by atoms with E-state index in [1.165, 1.54) is 154 Å². The van der Waals surface area contributed by atoms with Gasteiger partial charge in [-0.2, -0.15) is 0 Å². The van der Waals surface area contributed by atoms with E-state index >= 15 is 0 Å². The highest BCUT2D eigenvalue weighted by atomic mass is 31.2. The number of phosphoric ester groups is 1. The van der Waals surface area contributed by atoms with Crippen LogP contribution in [0.3, 0.4) is 0 Å². The summed E-state index contributed by atoms with van der Waals surface area (Å²) in [6.45, 7) is 4.26. The van der Waals surface area contributed by atoms with Gasteiger partial charge in [0, 0.05) is 13.0 Å². The normalized spacial score (nSPS) is 22.0. The third-order valence-electron chi connectivity index (χ3n) is 12.1. The van der Waals surface area contributed by atoms with Gasteiger partial charge in [0.25, 0.3) is 0 Å². The first-order valence-electron chi connectivity index (χ1n) is 25.7. The van der Waals surface area contributed by atoms with Crippen molar-refractivity contribution in [3.8, 4) is 0 Å². The van der Waals surface area contributed by atoms with Gasteiger partial charge in [0.15, 0.2) is 0 Å². The fourth-order valence-corrected chi connectivity index (χ4v) is 8.95. The Kier molecular flexibility index (Phi) is 39.0. The van der Waals surface area contributed by atoms with E-state index in [2.05, 4.69) is 38.2 Å². The summed E-state index contributed by atoms with van der Waals surface area (Å²) in [5.41, 5.74) is 0. The molecule has 1 aliphatic rings. The summed E-state index contributed by atoms with van der Waals surface area (Å²) in [7, 11) is -5.02. The standard InChI is InChI=1S/C50H95O12P/c1-3-5-7-9-11-13-15-17-19-21-22-23-24-26-28-30-32-34-36-38-40-59-41-43(42-60-63(57,58)62-50-48(55)46(53)45(52)47(54)49(50)56)61-44(51)39-37-35-33-31-29-27-25-20-18-16-14-12-10-8-6-4-2/h11,13,17,19,43,45-50,52-56H,3-10,12,14-16,18,20-42H2,1-2H3,(H,57,58)/b13-11-,19-17-. The Hall–Kier alpha value is -1.18. The maximum absolute atomic E-state index is 12.8. The van der Waals surface area contributed by atoms with Gasteiger partial charge in [-0.3, -0.25) is 13.8 Å². The molecular formula is C50H95O12P. The number of carbonyl (C=O) groups excluding carboxylic acids is 1. The van der Waals surface area contributed by atoms with E-state index < -0.39 is 63.1 Å². The van der Waals surface area contributed by atoms with Gasteiger partial charge in [-0.15, -0.1) is 0 Å². The Labute approximate surface area is 383 Å². The molecule has 0 saturated heterocycles. The summed E-state index contributed by atoms with van der Waals surface area (Å²) >= 11 is 0. The molecule has 0 bridgehead atoms. The van der Waals surface area contributed by atoms with Crippen LogP contribution in [0.2, 0.25) is 0 Å². The first kappa shape index (κ1) is 59.8. The lowest BCUT2D eigenvalue weighted by atomic mass is 9.85. The molecule has 6 atom stereocenters. The summed E-state index contributed by atoms with van der Waals surface area (Å²) < 4.78 is 34.3. The van der Waals surface area contributed by atoms with E-state index in [4.69, 9.17) is 18.5 Å². The molecule has 6 N–H and O–H groups in total. The molecule has 63 heavy (non-hydrogen) atoms. The third kappa shape index (κ3) is 33.0. The molecule has 0 aromatic heterocycles. The van der Waals surface area contributed by atoms with Crippen molar-refractivity contribution in [2.75, 3.05) is 19.8 Å². The van der Waals surface area contributed by atoms with Crippen molar-refractivity contribution >= 4 is 13.8 Å². The fourth-order valence-electron chi connectivity index (χ4n) is 7.98. The summed E-state index contributed by atoms with van der Waals surface area (Å²) in [6.07, 6.45) is 35.2. The summed E-state index contributed by atoms with van der Waals surface area (Å²) in [5, 5.41) is 50.3. The molecule has 0 heterocycles. The van der Waals surface area contributed by atoms with Gasteiger partial charge in [-0.25, -0.2) is 4.57 Å². The number of hydrogen-bond donors (Lipinski definition) is 6. The van der Waals surface area contributed by atoms with Crippen molar-refractivity contribution in [3.05, 3.63) is 24.3 Å². The second kappa shape index (κ2) is 41.0. The lowest BCUT2D eigenvalue weighted by Crippen LogP contribution is -2.64. The number of unbranched alkanes of at least 4 members (excludes halogenated alkanes) is 28. The van der Waals surface area contributed by atoms with Gasteiger partial charge >= 0.3 is 13.8 Å². The third-order valence-corrected chi connectivity index (χ3v) is 13.1. The van der Waals surface area contributed by atoms with Crippen molar-refractivity contribution in [3.63, 3.8) is 0 Å². The number of ether oxygens (including phenoxy) is 2. The van der Waals surface area contributed by atoms with E-state index in [1.807, 2.05) is 0 Å². The highest BCUT2D eigenvalue weighted by Gasteiger charge is 2.51. The second-order valence-electron chi connectivity index (χ2n) is 18.0. The van der Waals surface area contributed by atoms with Gasteiger partial charge in [0.1, 0.15) is 42.7 Å². The smallest absolute Gasteiger partial charge is 0.457 e. The van der Waals surface area contributed by atoms with E-state index in [-0.39, 0.29) is 13.0 Å². The predicted octanol–water partition coefficient (Wildman–Crippen LogP) is 11.3. The number of hydrogen-bond acceptors (Lipinski definition) is 11. The largest absolute Gasteiger partial charge is 0.472 e. The van der Waals surface area contributed by atoms with Gasteiger partial charge in [-0.05, 0) is 44.9 Å². The number of aliphatic hydroxyl groups excluding tert-OH is 5. The molecule has 0 aromatic carbocycles. The Morgan fingerprint density at radius 2 is 0.889 bits per heavy atom. The van der Waals surface area contributed by atoms with Crippen molar-refractivity contribution in [2.45, 2.75) is 268 Å². The SMILES string of the molecule is CCCCC/C=C\C/C=C\CCCCCCCCCCCCOCC(COP(=O)(O)OC1C(O)C(O)C(O)C(O)C1O)OC(=O)CCCCCCCCCCCCCCCCCC. The van der Waals surface area contributed by atoms with Crippen molar-refractivity contribution in [1.29, 1.82) is 0 Å². The Bertz CT molecular complexity index is 1140. The van der Waals surface area contributed by atoms with Crippen LogP contribution in [0.4, 0.5) is 0 Å². The molecule has 6 unspecified atom stereocenters. The van der Waals surface area contributed by atoms with Crippen LogP contribution in [-0.2, 0) is 27.9 Å². The van der Waals surface area contributed by atoms with Crippen molar-refractivity contribution < 1.29 is 58.3 Å². The zero-order valence-electron chi connectivity index (χ0n) is 39.9. The molecular weight excluding hydrogens is 824 g/mol. The van der Waals surface area contributed by atoms with Gasteiger partial charge in [-0.1, -0.05) is 199 Å². The van der Waals surface area contributed by atoms with Crippen LogP contribution in [0, 0.1) is 0 Å². The van der Waals surface area contributed by atoms with Crippen LogP contribution in [0.1, 0.15) is 226 Å². The first-order chi connectivity index (χ1) is 30.5. The lowest BCUT2D eigenvalue weighted by molar-refractivity contribution is -0.220. The fraction of sp³-hybridized carbons (Fsp3) is 0.900. The molecule has 0 amide bonds. The quantitative estimate of drug-likeness (QED) is 0.0147. The summed E-state index contributed by atoms with van der Waals surface area (Å²) in [4.78, 5) is 23.2. The monoisotopic (exact) mass is 919 g/mol. The molecule has 0 radical (unpaired) electrons. The highest BCUT2D eigenvalue weighted by Crippen LogP contribution is 2.47. The number of esters is 1. The maximum Gasteiger partial charge on any atom is 0.472 e. The number of rotatable bonds is 44. The summed E-state index contributed by atoms with van der Waals surface area (Å²) in [5.74, 6) is -0.474. The molecule has 13 heteroatoms. The molecule has 372 valence electrons. The highest BCUT2D eigenvalue weighted by molar-refractivity contribution is 7.47. The van der Waals surface area contributed by atoms with E-state index in [0.717, 1.165) is 44.9 Å². The van der Waals surface area contributed by atoms with E-state index in [1.54, 1.807) is 0 Å². The zero-order valence-corrected chi connectivity index (χ0v) is 40.8. The second-order valence-corrected chi connectivity index (χ2v) is 19.4. The van der Waals surface area contributed by atoms with E-state index in [0.29, 0.717) is 13.0 Å². The van der Waals surface area contributed by atoms with Crippen LogP contribution >= 0.6 is 7.82 Å². The Morgan fingerprint density at radius 3 is 1.37 bits per heavy atom. The molecule has 0 aromatic rings. The molecule has 0 spiro atoms. The van der Waals surface area contributed by atoms with Crippen LogP contribution in [0.25, 0.3) is 0 Å². The predicted molar refractivity (Wildman–Crippen MR) is 253 cm³/mol. The minimum absolute atomic E-state index is 0.0744. The Balaban J connectivity index is 2.33. The molecule has 1 saturated carbocycles. The average Bonchev–Trinajstić information content (AvgIpc) is 3.27. The topological polar surface area (TPSA) is 192 Å². The number of aliphatic hydroxyl groups is 5. The number of carbonyl (C=O) groups is 1. The average molecular weight is 919 g/mol. The van der Waals surface area contributed by atoms with Gasteiger partial charge < -0.3 is 39.9 Å². The Morgan fingerprint density at radius 1 is 0.508 bits per heavy atom. The van der Waals surface area contributed by atoms with Crippen LogP contribution < -0.4 is 0 Å². The molecule has 1 fully saturated rings. The van der Waals surface area contributed by atoms with E-state index in [9.17, 15) is 39.8 Å². The van der Waals surface area contributed by atoms with Crippen molar-refractivity contribution in [1.82, 2.24) is 0 Å². The maximum atomic E-state index is 12.8. The minimum Gasteiger partial charge on any atom is -0.457 e. The lowest BCUT2D eigenvalue weighted by Gasteiger charge is -2.41. The van der Waals surface area contributed by atoms with Gasteiger partial charge in [0.05, 0.1) is 13.2 Å². The molecule has 12 nitrogen and oxygen atoms in total. The molecule has 0 aliphatic heterocycles. The number of phosphoric acid groups is 1. The van der Waals surface area contributed by atoms with Gasteiger partial charge in [0.2, 0.25) is 0 Å². The van der Waals surface area contributed by atoms with Crippen LogP contribution in [0.15, 0.2) is 24.3 Å². The van der Waals surface area contributed by atoms with Crippen LogP contribution in [-0.4, -0.2) is 98.9 Å².